The summed E-state index contributed by atoms with van der Waals surface area (Å²) < 4.78 is 2.52. The molecule has 2 aromatic heterocycles. The van der Waals surface area contributed by atoms with E-state index in [1.807, 2.05) is 18.2 Å². The van der Waals surface area contributed by atoms with Gasteiger partial charge in [-0.2, -0.15) is 0 Å². The van der Waals surface area contributed by atoms with E-state index in [2.05, 4.69) is 32.1 Å². The van der Waals surface area contributed by atoms with Crippen molar-refractivity contribution in [2.24, 2.45) is 0 Å². The number of hydrazine groups is 1. The molecule has 5 aromatic rings. The predicted octanol–water partition coefficient (Wildman–Crippen LogP) is 8.17. The van der Waals surface area contributed by atoms with Gasteiger partial charge in [0.2, 0.25) is 0 Å². The third-order valence-corrected chi connectivity index (χ3v) is 9.33. The van der Waals surface area contributed by atoms with Gasteiger partial charge in [0.1, 0.15) is 9.75 Å². The quantitative estimate of drug-likeness (QED) is 0.171. The molecule has 5 rings (SSSR count). The number of thiophene rings is 2. The van der Waals surface area contributed by atoms with Crippen molar-refractivity contribution in [1.29, 1.82) is 0 Å². The molecule has 2 heterocycles. The molecule has 0 aliphatic rings. The molecule has 0 radical (unpaired) electrons. The van der Waals surface area contributed by atoms with Gasteiger partial charge >= 0.3 is 0 Å². The number of amides is 3. The Morgan fingerprint density at radius 2 is 1.24 bits per heavy atom. The summed E-state index contributed by atoms with van der Waals surface area (Å²) in [6.45, 7) is 0. The van der Waals surface area contributed by atoms with Crippen molar-refractivity contribution in [3.63, 3.8) is 0 Å². The fourth-order valence-corrected chi connectivity index (χ4v) is 7.16. The van der Waals surface area contributed by atoms with Crippen LogP contribution in [0.4, 0.5) is 5.69 Å². The van der Waals surface area contributed by atoms with Gasteiger partial charge in [-0.3, -0.25) is 25.2 Å². The van der Waals surface area contributed by atoms with Crippen LogP contribution < -0.4 is 16.2 Å². The lowest BCUT2D eigenvalue weighted by molar-refractivity contribution is 0.0849. The van der Waals surface area contributed by atoms with Gasteiger partial charge in [-0.05, 0) is 48.5 Å². The number of benzene rings is 3. The third kappa shape index (κ3) is 5.34. The smallest absolute Gasteiger partial charge is 0.281 e. The lowest BCUT2D eigenvalue weighted by Gasteiger charge is -2.08. The van der Waals surface area contributed by atoms with Gasteiger partial charge in [-0.25, -0.2) is 0 Å². The lowest BCUT2D eigenvalue weighted by Crippen LogP contribution is -2.41. The Labute approximate surface area is 241 Å². The molecule has 3 N–H and O–H groups in total. The molecule has 186 valence electrons. The summed E-state index contributed by atoms with van der Waals surface area (Å²) in [5.41, 5.74) is 5.52. The Balaban J connectivity index is 1.22. The summed E-state index contributed by atoms with van der Waals surface area (Å²) in [5.74, 6) is -1.43. The number of halogens is 4. The van der Waals surface area contributed by atoms with E-state index in [4.69, 9.17) is 34.8 Å². The van der Waals surface area contributed by atoms with E-state index in [1.54, 1.807) is 30.3 Å². The first-order valence-electron chi connectivity index (χ1n) is 10.5. The molecule has 6 nitrogen and oxygen atoms in total. The predicted molar refractivity (Wildman–Crippen MR) is 156 cm³/mol. The summed E-state index contributed by atoms with van der Waals surface area (Å²) in [4.78, 5) is 38.6. The van der Waals surface area contributed by atoms with Crippen LogP contribution in [0, 0.1) is 0 Å². The van der Waals surface area contributed by atoms with Crippen LogP contribution in [-0.2, 0) is 0 Å². The highest BCUT2D eigenvalue weighted by Crippen LogP contribution is 2.38. The van der Waals surface area contributed by atoms with Crippen LogP contribution in [0.1, 0.15) is 29.7 Å². The highest BCUT2D eigenvalue weighted by atomic mass is 79.9. The summed E-state index contributed by atoms with van der Waals surface area (Å²) in [7, 11) is 0. The van der Waals surface area contributed by atoms with E-state index in [-0.39, 0.29) is 16.3 Å². The SMILES string of the molecule is O=C(NNC(=O)c1sc2cc(Br)ccc2c1Cl)c1ccc(NC(=O)c2sc3cc(Cl)ccc3c2Cl)cc1. The monoisotopic (exact) mass is 651 g/mol. The van der Waals surface area contributed by atoms with Gasteiger partial charge in [0.05, 0.1) is 10.0 Å². The molecule has 3 aromatic carbocycles. The number of carbonyl (C=O) groups is 3. The summed E-state index contributed by atoms with van der Waals surface area (Å²) >= 11 is 24.6. The molecule has 12 heteroatoms. The molecule has 0 aliphatic heterocycles. The van der Waals surface area contributed by atoms with Gasteiger partial charge < -0.3 is 5.32 Å². The second-order valence-electron chi connectivity index (χ2n) is 7.71. The Morgan fingerprint density at radius 3 is 1.92 bits per heavy atom. The van der Waals surface area contributed by atoms with Crippen LogP contribution in [0.2, 0.25) is 15.1 Å². The summed E-state index contributed by atoms with van der Waals surface area (Å²) in [6.07, 6.45) is 0. The molecule has 3 amide bonds. The van der Waals surface area contributed by atoms with Crippen molar-refractivity contribution >= 4 is 117 Å². The van der Waals surface area contributed by atoms with Gasteiger partial charge in [-0.1, -0.05) is 62.9 Å². The maximum atomic E-state index is 12.8. The number of hydrogen-bond donors (Lipinski definition) is 3. The third-order valence-electron chi connectivity index (χ3n) is 5.29. The van der Waals surface area contributed by atoms with Crippen molar-refractivity contribution in [2.75, 3.05) is 5.32 Å². The average molecular weight is 654 g/mol. The number of nitrogens with one attached hydrogen (secondary N) is 3. The van der Waals surface area contributed by atoms with Crippen molar-refractivity contribution in [3.05, 3.63) is 95.5 Å². The number of hydrogen-bond acceptors (Lipinski definition) is 5. The van der Waals surface area contributed by atoms with Gasteiger partial charge in [0.25, 0.3) is 17.7 Å². The van der Waals surface area contributed by atoms with Crippen molar-refractivity contribution < 1.29 is 14.4 Å². The molecule has 0 spiro atoms. The fraction of sp³-hybridized carbons (Fsp3) is 0. The Kier molecular flexibility index (Phi) is 7.44. The first-order chi connectivity index (χ1) is 17.7. The highest BCUT2D eigenvalue weighted by Gasteiger charge is 2.19. The second-order valence-corrected chi connectivity index (χ2v) is 11.9. The Bertz CT molecular complexity index is 1720. The first-order valence-corrected chi connectivity index (χ1v) is 14.0. The van der Waals surface area contributed by atoms with Crippen molar-refractivity contribution in [3.8, 4) is 0 Å². The summed E-state index contributed by atoms with van der Waals surface area (Å²) in [6, 6.07) is 17.0. The molecule has 0 fully saturated rings. The maximum Gasteiger partial charge on any atom is 0.281 e. The minimum atomic E-state index is -0.532. The molecular formula is C25H13BrCl3N3O3S2. The topological polar surface area (TPSA) is 87.3 Å². The molecule has 0 aliphatic carbocycles. The van der Waals surface area contributed by atoms with Crippen LogP contribution in [0.15, 0.2) is 65.1 Å². The van der Waals surface area contributed by atoms with Gasteiger partial charge in [0.15, 0.2) is 0 Å². The zero-order valence-corrected chi connectivity index (χ0v) is 23.8. The minimum absolute atomic E-state index is 0.277. The van der Waals surface area contributed by atoms with E-state index < -0.39 is 11.8 Å². The second kappa shape index (κ2) is 10.6. The standard InChI is InChI=1S/C25H13BrCl3N3O3S2/c26-12-3-7-15-17(9-12)36-22(20(15)29)25(35)32-31-23(33)11-1-5-14(6-2-11)30-24(34)21-19(28)16-8-4-13(27)10-18(16)37-21/h1-10H,(H,30,34)(H,31,33)(H,32,35). The van der Waals surface area contributed by atoms with Crippen LogP contribution in [0.5, 0.6) is 0 Å². The van der Waals surface area contributed by atoms with E-state index in [0.717, 1.165) is 24.6 Å². The maximum absolute atomic E-state index is 12.8. The van der Waals surface area contributed by atoms with Crippen LogP contribution >= 0.6 is 73.4 Å². The van der Waals surface area contributed by atoms with E-state index in [9.17, 15) is 14.4 Å². The molecule has 37 heavy (non-hydrogen) atoms. The normalized spacial score (nSPS) is 11.0. The molecule has 0 saturated carbocycles. The Morgan fingerprint density at radius 1 is 0.676 bits per heavy atom. The van der Waals surface area contributed by atoms with Gasteiger partial charge in [-0.15, -0.1) is 22.7 Å². The molecule has 0 atom stereocenters. The summed E-state index contributed by atoms with van der Waals surface area (Å²) in [5, 5.41) is 5.51. The van der Waals surface area contributed by atoms with Gasteiger partial charge in [0, 0.05) is 40.9 Å². The first kappa shape index (κ1) is 26.0. The number of anilines is 1. The molecule has 0 saturated heterocycles. The average Bonchev–Trinajstić information content (AvgIpc) is 3.38. The van der Waals surface area contributed by atoms with Crippen LogP contribution in [0.3, 0.4) is 0 Å². The number of carbonyl (C=O) groups excluding carboxylic acids is 3. The van der Waals surface area contributed by atoms with Crippen molar-refractivity contribution in [2.45, 2.75) is 0 Å². The zero-order valence-electron chi connectivity index (χ0n) is 18.3. The molecule has 0 bridgehead atoms. The zero-order chi connectivity index (χ0) is 26.3. The molecular weight excluding hydrogens is 641 g/mol. The lowest BCUT2D eigenvalue weighted by atomic mass is 10.2. The highest BCUT2D eigenvalue weighted by molar-refractivity contribution is 9.10. The van der Waals surface area contributed by atoms with E-state index >= 15 is 0 Å². The van der Waals surface area contributed by atoms with Crippen LogP contribution in [-0.4, -0.2) is 17.7 Å². The number of rotatable bonds is 4. The largest absolute Gasteiger partial charge is 0.321 e. The van der Waals surface area contributed by atoms with E-state index in [0.29, 0.717) is 25.6 Å². The minimum Gasteiger partial charge on any atom is -0.321 e. The van der Waals surface area contributed by atoms with E-state index in [1.165, 1.54) is 34.8 Å². The molecule has 0 unspecified atom stereocenters. The van der Waals surface area contributed by atoms with Crippen LogP contribution in [0.25, 0.3) is 20.2 Å². The fourth-order valence-electron chi connectivity index (χ4n) is 3.51. The number of fused-ring (bicyclic) bond motifs is 2. The Hall–Kier alpha value is -2.66. The van der Waals surface area contributed by atoms with Crippen molar-refractivity contribution in [1.82, 2.24) is 10.9 Å².